The maximum atomic E-state index is 6.17. The molecule has 0 heterocycles. The zero-order valence-electron chi connectivity index (χ0n) is 10.2. The normalized spacial score (nSPS) is 10.7. The third-order valence-corrected chi connectivity index (χ3v) is 5.22. The van der Waals surface area contributed by atoms with E-state index in [1.165, 1.54) is 5.56 Å². The van der Waals surface area contributed by atoms with Crippen LogP contribution in [0.1, 0.15) is 5.56 Å². The van der Waals surface area contributed by atoms with Crippen molar-refractivity contribution in [1.82, 2.24) is 5.32 Å². The van der Waals surface area contributed by atoms with Crippen molar-refractivity contribution in [3.05, 3.63) is 56.5 Å². The molecule has 0 amide bonds. The highest BCUT2D eigenvalue weighted by Crippen LogP contribution is 2.38. The van der Waals surface area contributed by atoms with Crippen LogP contribution in [0.4, 0.5) is 0 Å². The minimum atomic E-state index is 0.690. The summed E-state index contributed by atoms with van der Waals surface area (Å²) in [5, 5.41) is 4.53. The summed E-state index contributed by atoms with van der Waals surface area (Å²) >= 11 is 17.4. The Hall–Kier alpha value is -0.190. The van der Waals surface area contributed by atoms with Crippen LogP contribution in [0.5, 0.6) is 0 Å². The van der Waals surface area contributed by atoms with Gasteiger partial charge in [-0.2, -0.15) is 0 Å². The Balaban J connectivity index is 2.25. The standard InChI is InChI=1S/C14H12BrCl2NS/c1-18-8-9-2-5-13(11(15)6-9)19-14-7-10(16)3-4-12(14)17/h2-7,18H,8H2,1H3. The summed E-state index contributed by atoms with van der Waals surface area (Å²) in [6, 6.07) is 11.8. The fourth-order valence-electron chi connectivity index (χ4n) is 1.62. The van der Waals surface area contributed by atoms with Gasteiger partial charge in [-0.25, -0.2) is 0 Å². The van der Waals surface area contributed by atoms with E-state index in [1.54, 1.807) is 17.8 Å². The van der Waals surface area contributed by atoms with Crippen LogP contribution in [0.2, 0.25) is 10.0 Å². The van der Waals surface area contributed by atoms with E-state index in [-0.39, 0.29) is 0 Å². The average Bonchev–Trinajstić information content (AvgIpc) is 2.37. The molecule has 0 aliphatic heterocycles. The maximum Gasteiger partial charge on any atom is 0.0546 e. The number of halogens is 3. The number of hydrogen-bond acceptors (Lipinski definition) is 2. The van der Waals surface area contributed by atoms with Gasteiger partial charge in [0.25, 0.3) is 0 Å². The molecule has 19 heavy (non-hydrogen) atoms. The first-order valence-corrected chi connectivity index (χ1v) is 8.02. The number of nitrogens with one attached hydrogen (secondary N) is 1. The Morgan fingerprint density at radius 1 is 1.11 bits per heavy atom. The highest BCUT2D eigenvalue weighted by molar-refractivity contribution is 9.10. The summed E-state index contributed by atoms with van der Waals surface area (Å²) < 4.78 is 1.06. The Bertz CT molecular complexity index is 590. The van der Waals surface area contributed by atoms with Crippen LogP contribution < -0.4 is 5.32 Å². The van der Waals surface area contributed by atoms with Gasteiger partial charge in [0, 0.05) is 25.8 Å². The van der Waals surface area contributed by atoms with Crippen LogP contribution in [0.3, 0.4) is 0 Å². The van der Waals surface area contributed by atoms with Gasteiger partial charge in [0.2, 0.25) is 0 Å². The van der Waals surface area contributed by atoms with E-state index >= 15 is 0 Å². The second kappa shape index (κ2) is 7.00. The van der Waals surface area contributed by atoms with Crippen molar-refractivity contribution in [1.29, 1.82) is 0 Å². The van der Waals surface area contributed by atoms with Gasteiger partial charge in [0.05, 0.1) is 5.02 Å². The second-order valence-corrected chi connectivity index (χ2v) is 6.75. The van der Waals surface area contributed by atoms with Crippen LogP contribution in [0, 0.1) is 0 Å². The molecule has 1 nitrogen and oxygen atoms in total. The summed E-state index contributed by atoms with van der Waals surface area (Å²) in [6.45, 7) is 0.849. The molecule has 0 saturated carbocycles. The molecule has 0 fully saturated rings. The van der Waals surface area contributed by atoms with Gasteiger partial charge in [-0.3, -0.25) is 0 Å². The lowest BCUT2D eigenvalue weighted by Gasteiger charge is -2.08. The molecule has 0 bridgehead atoms. The molecule has 0 aliphatic carbocycles. The lowest BCUT2D eigenvalue weighted by atomic mass is 10.2. The van der Waals surface area contributed by atoms with Crippen molar-refractivity contribution in [2.24, 2.45) is 0 Å². The number of rotatable bonds is 4. The van der Waals surface area contributed by atoms with Crippen molar-refractivity contribution in [3.63, 3.8) is 0 Å². The average molecular weight is 377 g/mol. The highest BCUT2D eigenvalue weighted by Gasteiger charge is 2.07. The van der Waals surface area contributed by atoms with E-state index in [1.807, 2.05) is 19.2 Å². The molecular weight excluding hydrogens is 365 g/mol. The topological polar surface area (TPSA) is 12.0 Å². The van der Waals surface area contributed by atoms with Crippen molar-refractivity contribution in [2.45, 2.75) is 16.3 Å². The van der Waals surface area contributed by atoms with Gasteiger partial charge in [0.15, 0.2) is 0 Å². The molecule has 0 unspecified atom stereocenters. The monoisotopic (exact) mass is 375 g/mol. The predicted octanol–water partition coefficient (Wildman–Crippen LogP) is 5.63. The molecule has 2 aromatic carbocycles. The zero-order valence-corrected chi connectivity index (χ0v) is 14.1. The molecule has 2 rings (SSSR count). The van der Waals surface area contributed by atoms with E-state index < -0.39 is 0 Å². The Labute approximate surface area is 135 Å². The van der Waals surface area contributed by atoms with Gasteiger partial charge in [-0.05, 0) is 58.9 Å². The largest absolute Gasteiger partial charge is 0.316 e. The van der Waals surface area contributed by atoms with Gasteiger partial charge in [-0.15, -0.1) is 0 Å². The molecule has 2 aromatic rings. The van der Waals surface area contributed by atoms with Gasteiger partial charge in [0.1, 0.15) is 0 Å². The SMILES string of the molecule is CNCc1ccc(Sc2cc(Cl)ccc2Cl)c(Br)c1. The Morgan fingerprint density at radius 3 is 2.58 bits per heavy atom. The molecule has 0 radical (unpaired) electrons. The van der Waals surface area contributed by atoms with Crippen LogP contribution in [0.25, 0.3) is 0 Å². The minimum absolute atomic E-state index is 0.690. The summed E-state index contributed by atoms with van der Waals surface area (Å²) in [4.78, 5) is 2.07. The quantitative estimate of drug-likeness (QED) is 0.742. The second-order valence-electron chi connectivity index (χ2n) is 3.97. The summed E-state index contributed by atoms with van der Waals surface area (Å²) in [7, 11) is 1.93. The summed E-state index contributed by atoms with van der Waals surface area (Å²) in [6.07, 6.45) is 0. The Kier molecular flexibility index (Phi) is 5.60. The molecule has 1 N–H and O–H groups in total. The minimum Gasteiger partial charge on any atom is -0.316 e. The van der Waals surface area contributed by atoms with E-state index in [0.29, 0.717) is 10.0 Å². The molecule has 0 aliphatic rings. The van der Waals surface area contributed by atoms with Crippen LogP contribution >= 0.6 is 50.9 Å². The third-order valence-electron chi connectivity index (χ3n) is 2.49. The summed E-state index contributed by atoms with van der Waals surface area (Å²) in [5.41, 5.74) is 1.23. The molecule has 0 aromatic heterocycles. The smallest absolute Gasteiger partial charge is 0.0546 e. The van der Waals surface area contributed by atoms with Crippen molar-refractivity contribution in [3.8, 4) is 0 Å². The van der Waals surface area contributed by atoms with Crippen molar-refractivity contribution >= 4 is 50.9 Å². The molecule has 100 valence electrons. The fraction of sp³-hybridized carbons (Fsp3) is 0.143. The molecule has 0 saturated heterocycles. The van der Waals surface area contributed by atoms with E-state index in [9.17, 15) is 0 Å². The van der Waals surface area contributed by atoms with Gasteiger partial charge < -0.3 is 5.32 Å². The van der Waals surface area contributed by atoms with Crippen LogP contribution in [-0.4, -0.2) is 7.05 Å². The fourth-order valence-corrected chi connectivity index (χ4v) is 3.64. The lowest BCUT2D eigenvalue weighted by Crippen LogP contribution is -2.04. The molecular formula is C14H12BrCl2NS. The first-order chi connectivity index (χ1) is 9.10. The highest BCUT2D eigenvalue weighted by atomic mass is 79.9. The van der Waals surface area contributed by atoms with Crippen molar-refractivity contribution < 1.29 is 0 Å². The lowest BCUT2D eigenvalue weighted by molar-refractivity contribution is 0.816. The molecule has 5 heteroatoms. The Morgan fingerprint density at radius 2 is 1.89 bits per heavy atom. The number of benzene rings is 2. The summed E-state index contributed by atoms with van der Waals surface area (Å²) in [5.74, 6) is 0. The predicted molar refractivity (Wildman–Crippen MR) is 87.5 cm³/mol. The van der Waals surface area contributed by atoms with Gasteiger partial charge >= 0.3 is 0 Å². The number of hydrogen-bond donors (Lipinski definition) is 1. The maximum absolute atomic E-state index is 6.17. The third kappa shape index (κ3) is 4.14. The van der Waals surface area contributed by atoms with Crippen LogP contribution in [-0.2, 0) is 6.54 Å². The molecule has 0 spiro atoms. The van der Waals surface area contributed by atoms with Crippen molar-refractivity contribution in [2.75, 3.05) is 7.05 Å². The first-order valence-electron chi connectivity index (χ1n) is 5.66. The van der Waals surface area contributed by atoms with Gasteiger partial charge in [-0.1, -0.05) is 41.0 Å². The molecule has 0 atom stereocenters. The zero-order chi connectivity index (χ0) is 13.8. The first kappa shape index (κ1) is 15.2. The van der Waals surface area contributed by atoms with Crippen LogP contribution in [0.15, 0.2) is 50.7 Å². The van der Waals surface area contributed by atoms with E-state index in [2.05, 4.69) is 39.4 Å². The van der Waals surface area contributed by atoms with E-state index in [4.69, 9.17) is 23.2 Å². The van der Waals surface area contributed by atoms with E-state index in [0.717, 1.165) is 20.8 Å².